The first-order chi connectivity index (χ1) is 14.1. The molecule has 29 heavy (non-hydrogen) atoms. The van der Waals surface area contributed by atoms with Crippen LogP contribution < -0.4 is 10.1 Å². The predicted octanol–water partition coefficient (Wildman–Crippen LogP) is 4.88. The highest BCUT2D eigenvalue weighted by atomic mass is 19.2. The minimum Gasteiger partial charge on any atom is -0.490 e. The number of pyridine rings is 1. The van der Waals surface area contributed by atoms with Crippen LogP contribution in [0.3, 0.4) is 0 Å². The van der Waals surface area contributed by atoms with Crippen molar-refractivity contribution >= 4 is 16.8 Å². The monoisotopic (exact) mass is 396 g/mol. The molecule has 3 aromatic rings. The second-order valence-electron chi connectivity index (χ2n) is 7.43. The van der Waals surface area contributed by atoms with E-state index in [2.05, 4.69) is 10.3 Å². The van der Waals surface area contributed by atoms with Gasteiger partial charge in [-0.25, -0.2) is 8.78 Å². The van der Waals surface area contributed by atoms with Gasteiger partial charge in [0.15, 0.2) is 11.6 Å². The van der Waals surface area contributed by atoms with Gasteiger partial charge in [0, 0.05) is 23.7 Å². The van der Waals surface area contributed by atoms with Crippen LogP contribution in [0.15, 0.2) is 54.7 Å². The molecule has 0 atom stereocenters. The molecule has 1 amide bonds. The van der Waals surface area contributed by atoms with Crippen LogP contribution in [0.1, 0.15) is 36.0 Å². The quantitative estimate of drug-likeness (QED) is 0.669. The van der Waals surface area contributed by atoms with Crippen molar-refractivity contribution in [2.45, 2.75) is 31.8 Å². The van der Waals surface area contributed by atoms with Gasteiger partial charge < -0.3 is 10.1 Å². The molecule has 0 radical (unpaired) electrons. The van der Waals surface area contributed by atoms with Gasteiger partial charge in [-0.2, -0.15) is 0 Å². The third-order valence-electron chi connectivity index (χ3n) is 5.43. The summed E-state index contributed by atoms with van der Waals surface area (Å²) in [6.07, 6.45) is 5.58. The van der Waals surface area contributed by atoms with E-state index in [-0.39, 0.29) is 17.6 Å². The van der Waals surface area contributed by atoms with Gasteiger partial charge in [0.1, 0.15) is 5.75 Å². The van der Waals surface area contributed by atoms with E-state index in [0.717, 1.165) is 54.5 Å². The number of fused-ring (bicyclic) bond motifs is 1. The van der Waals surface area contributed by atoms with Gasteiger partial charge in [-0.3, -0.25) is 9.78 Å². The van der Waals surface area contributed by atoms with Crippen molar-refractivity contribution in [1.82, 2.24) is 10.3 Å². The molecule has 1 aliphatic carbocycles. The van der Waals surface area contributed by atoms with Gasteiger partial charge in [0.25, 0.3) is 5.91 Å². The van der Waals surface area contributed by atoms with E-state index in [1.807, 2.05) is 30.3 Å². The molecule has 1 N–H and O–H groups in total. The Bertz CT molecular complexity index is 1010. The van der Waals surface area contributed by atoms with Crippen LogP contribution in [0.25, 0.3) is 10.9 Å². The molecule has 1 aliphatic rings. The number of aromatic nitrogens is 1. The zero-order valence-electron chi connectivity index (χ0n) is 15.9. The molecule has 1 fully saturated rings. The Morgan fingerprint density at radius 2 is 1.83 bits per heavy atom. The van der Waals surface area contributed by atoms with Crippen LogP contribution in [0.5, 0.6) is 5.75 Å². The standard InChI is InChI=1S/C23H22F2N2O2/c24-19-10-7-16(13-20(19)25)23(28)27-14-15-5-8-17(9-6-15)29-22-11-12-26-21-4-2-1-3-18(21)22/h1-4,7,10-13,15,17H,5-6,8-9,14H2,(H,27,28)/t15-,17-. The average molecular weight is 396 g/mol. The Morgan fingerprint density at radius 3 is 2.62 bits per heavy atom. The second-order valence-corrected chi connectivity index (χ2v) is 7.43. The van der Waals surface area contributed by atoms with Gasteiger partial charge >= 0.3 is 0 Å². The van der Waals surface area contributed by atoms with E-state index >= 15 is 0 Å². The molecule has 0 bridgehead atoms. The number of nitrogens with zero attached hydrogens (tertiary/aromatic N) is 1. The average Bonchev–Trinajstić information content (AvgIpc) is 2.75. The summed E-state index contributed by atoms with van der Waals surface area (Å²) in [4.78, 5) is 16.5. The molecule has 0 spiro atoms. The first kappa shape index (κ1) is 19.3. The van der Waals surface area contributed by atoms with E-state index in [1.165, 1.54) is 6.07 Å². The first-order valence-electron chi connectivity index (χ1n) is 9.84. The summed E-state index contributed by atoms with van der Waals surface area (Å²) in [6, 6.07) is 13.0. The number of rotatable bonds is 5. The normalized spacial score (nSPS) is 19.1. The summed E-state index contributed by atoms with van der Waals surface area (Å²) in [7, 11) is 0. The summed E-state index contributed by atoms with van der Waals surface area (Å²) < 4.78 is 32.5. The number of ether oxygens (including phenoxy) is 1. The molecule has 6 heteroatoms. The topological polar surface area (TPSA) is 51.2 Å². The van der Waals surface area contributed by atoms with Crippen LogP contribution in [-0.4, -0.2) is 23.5 Å². The Labute approximate surface area is 167 Å². The van der Waals surface area contributed by atoms with Crippen molar-refractivity contribution in [2.75, 3.05) is 6.54 Å². The lowest BCUT2D eigenvalue weighted by molar-refractivity contribution is 0.0928. The van der Waals surface area contributed by atoms with E-state index in [0.29, 0.717) is 12.5 Å². The van der Waals surface area contributed by atoms with E-state index in [1.54, 1.807) is 6.20 Å². The lowest BCUT2D eigenvalue weighted by atomic mass is 9.87. The fourth-order valence-electron chi connectivity index (χ4n) is 3.78. The Hall–Kier alpha value is -3.02. The van der Waals surface area contributed by atoms with Gasteiger partial charge in [-0.05, 0) is 68.0 Å². The maximum absolute atomic E-state index is 13.3. The number of halogens is 2. The van der Waals surface area contributed by atoms with Gasteiger partial charge in [-0.15, -0.1) is 0 Å². The number of hydrogen-bond donors (Lipinski definition) is 1. The largest absolute Gasteiger partial charge is 0.490 e. The van der Waals surface area contributed by atoms with Crippen LogP contribution in [0.4, 0.5) is 8.78 Å². The third-order valence-corrected chi connectivity index (χ3v) is 5.43. The molecule has 0 saturated heterocycles. The maximum atomic E-state index is 13.3. The zero-order valence-corrected chi connectivity index (χ0v) is 15.9. The van der Waals surface area contributed by atoms with E-state index < -0.39 is 11.6 Å². The molecule has 0 aliphatic heterocycles. The molecular formula is C23H22F2N2O2. The number of para-hydroxylation sites is 1. The minimum absolute atomic E-state index is 0.130. The molecule has 1 saturated carbocycles. The number of benzene rings is 2. The van der Waals surface area contributed by atoms with Gasteiger partial charge in [-0.1, -0.05) is 12.1 Å². The molecule has 4 nitrogen and oxygen atoms in total. The minimum atomic E-state index is -1.01. The fourth-order valence-corrected chi connectivity index (χ4v) is 3.78. The number of hydrogen-bond acceptors (Lipinski definition) is 3. The van der Waals surface area contributed by atoms with Crippen molar-refractivity contribution < 1.29 is 18.3 Å². The first-order valence-corrected chi connectivity index (χ1v) is 9.84. The van der Waals surface area contributed by atoms with Crippen LogP contribution >= 0.6 is 0 Å². The highest BCUT2D eigenvalue weighted by molar-refractivity contribution is 5.94. The molecule has 2 aromatic carbocycles. The number of amides is 1. The number of carbonyl (C=O) groups excluding carboxylic acids is 1. The molecule has 150 valence electrons. The fraction of sp³-hybridized carbons (Fsp3) is 0.304. The lowest BCUT2D eigenvalue weighted by Crippen LogP contribution is -2.33. The van der Waals surface area contributed by atoms with Crippen molar-refractivity contribution in [3.8, 4) is 5.75 Å². The molecule has 1 aromatic heterocycles. The SMILES string of the molecule is O=C(NC[C@H]1CC[C@H](Oc2ccnc3ccccc23)CC1)c1ccc(F)c(F)c1. The Balaban J connectivity index is 1.28. The van der Waals surface area contributed by atoms with Crippen molar-refractivity contribution in [1.29, 1.82) is 0 Å². The summed E-state index contributed by atoms with van der Waals surface area (Å²) in [5, 5.41) is 3.84. The molecular weight excluding hydrogens is 374 g/mol. The zero-order chi connectivity index (χ0) is 20.2. The second kappa shape index (κ2) is 8.55. The van der Waals surface area contributed by atoms with Crippen LogP contribution in [-0.2, 0) is 0 Å². The third kappa shape index (κ3) is 4.53. The van der Waals surface area contributed by atoms with Crippen LogP contribution in [0, 0.1) is 17.6 Å². The summed E-state index contributed by atoms with van der Waals surface area (Å²) >= 11 is 0. The van der Waals surface area contributed by atoms with E-state index in [4.69, 9.17) is 4.74 Å². The van der Waals surface area contributed by atoms with Gasteiger partial charge in [0.05, 0.1) is 11.6 Å². The van der Waals surface area contributed by atoms with Crippen molar-refractivity contribution in [2.24, 2.45) is 5.92 Å². The van der Waals surface area contributed by atoms with Crippen molar-refractivity contribution in [3.05, 3.63) is 71.9 Å². The predicted molar refractivity (Wildman–Crippen MR) is 107 cm³/mol. The number of nitrogens with one attached hydrogen (secondary N) is 1. The molecule has 1 heterocycles. The van der Waals surface area contributed by atoms with E-state index in [9.17, 15) is 13.6 Å². The summed E-state index contributed by atoms with van der Waals surface area (Å²) in [5.41, 5.74) is 1.05. The van der Waals surface area contributed by atoms with Crippen molar-refractivity contribution in [3.63, 3.8) is 0 Å². The maximum Gasteiger partial charge on any atom is 0.251 e. The van der Waals surface area contributed by atoms with Gasteiger partial charge in [0.2, 0.25) is 0 Å². The smallest absolute Gasteiger partial charge is 0.251 e. The van der Waals surface area contributed by atoms with Crippen LogP contribution in [0.2, 0.25) is 0 Å². The highest BCUT2D eigenvalue weighted by Gasteiger charge is 2.23. The highest BCUT2D eigenvalue weighted by Crippen LogP contribution is 2.30. The molecule has 0 unspecified atom stereocenters. The lowest BCUT2D eigenvalue weighted by Gasteiger charge is -2.29. The summed E-state index contributed by atoms with van der Waals surface area (Å²) in [5.74, 6) is -1.16. The summed E-state index contributed by atoms with van der Waals surface area (Å²) in [6.45, 7) is 0.517. The number of carbonyl (C=O) groups is 1. The molecule has 4 rings (SSSR count). The Kier molecular flexibility index (Phi) is 5.69. The Morgan fingerprint density at radius 1 is 1.03 bits per heavy atom.